The van der Waals surface area contributed by atoms with Crippen molar-refractivity contribution in [1.82, 2.24) is 10.6 Å². The van der Waals surface area contributed by atoms with Gasteiger partial charge in [0.1, 0.15) is 11.6 Å². The minimum atomic E-state index is -0.979. The van der Waals surface area contributed by atoms with Gasteiger partial charge in [0, 0.05) is 26.1 Å². The lowest BCUT2D eigenvalue weighted by Gasteiger charge is -2.40. The van der Waals surface area contributed by atoms with Crippen molar-refractivity contribution >= 4 is 5.91 Å². The number of carbonyl (C=O) groups excluding carboxylic acids is 1. The highest BCUT2D eigenvalue weighted by molar-refractivity contribution is 5.73. The Bertz CT molecular complexity index is 925. The highest BCUT2D eigenvalue weighted by atomic mass is 19.1. The number of amides is 1. The van der Waals surface area contributed by atoms with E-state index in [1.165, 1.54) is 24.6 Å². The van der Waals surface area contributed by atoms with Gasteiger partial charge in [-0.1, -0.05) is 38.1 Å². The molecule has 0 aromatic heterocycles. The van der Waals surface area contributed by atoms with Gasteiger partial charge in [-0.2, -0.15) is 0 Å². The van der Waals surface area contributed by atoms with E-state index in [0.29, 0.717) is 24.7 Å². The van der Waals surface area contributed by atoms with E-state index in [9.17, 15) is 18.7 Å². The van der Waals surface area contributed by atoms with Gasteiger partial charge in [0.2, 0.25) is 5.91 Å². The van der Waals surface area contributed by atoms with E-state index in [2.05, 4.69) is 42.7 Å². The molecule has 1 amide bonds. The van der Waals surface area contributed by atoms with Crippen LogP contribution < -0.4 is 10.6 Å². The lowest BCUT2D eigenvalue weighted by atomic mass is 9.82. The standard InChI is InChI=1S/C26H34F2N2O3/c1-17(2)20-6-4-7-21(13-20)26(8-5-9-33-16-26)29-15-25(32)24(30-18(3)31)12-19-10-22(27)14-23(28)11-19/h4,6-7,10-11,13-14,17,24-25,29,32H,5,8-9,12,15-16H2,1-3H3,(H,30,31)/t24-,25-,26?/m0/s1. The molecular weight excluding hydrogens is 426 g/mol. The van der Waals surface area contributed by atoms with Crippen LogP contribution in [0.2, 0.25) is 0 Å². The topological polar surface area (TPSA) is 70.6 Å². The number of benzene rings is 2. The van der Waals surface area contributed by atoms with Crippen molar-refractivity contribution < 1.29 is 23.4 Å². The number of halogens is 2. The summed E-state index contributed by atoms with van der Waals surface area (Å²) in [6, 6.07) is 10.9. The van der Waals surface area contributed by atoms with Gasteiger partial charge in [0.05, 0.1) is 24.3 Å². The Balaban J connectivity index is 1.78. The lowest BCUT2D eigenvalue weighted by Crippen LogP contribution is -2.55. The number of ether oxygens (including phenoxy) is 1. The summed E-state index contributed by atoms with van der Waals surface area (Å²) in [7, 11) is 0. The molecule has 0 saturated carbocycles. The molecule has 33 heavy (non-hydrogen) atoms. The number of aliphatic hydroxyl groups excluding tert-OH is 1. The second-order valence-corrected chi connectivity index (χ2v) is 9.26. The fourth-order valence-corrected chi connectivity index (χ4v) is 4.43. The van der Waals surface area contributed by atoms with Crippen molar-refractivity contribution in [2.45, 2.75) is 63.6 Å². The first-order valence-electron chi connectivity index (χ1n) is 11.5. The van der Waals surface area contributed by atoms with Crippen molar-refractivity contribution in [3.8, 4) is 0 Å². The molecule has 1 unspecified atom stereocenters. The average molecular weight is 461 g/mol. The summed E-state index contributed by atoms with van der Waals surface area (Å²) in [5, 5.41) is 17.2. The highest BCUT2D eigenvalue weighted by Crippen LogP contribution is 2.32. The van der Waals surface area contributed by atoms with Crippen LogP contribution >= 0.6 is 0 Å². The van der Waals surface area contributed by atoms with E-state index >= 15 is 0 Å². The Kier molecular flexibility index (Phi) is 8.57. The summed E-state index contributed by atoms with van der Waals surface area (Å²) in [4.78, 5) is 11.8. The SMILES string of the molecule is CC(=O)N[C@@H](Cc1cc(F)cc(F)c1)[C@@H](O)CNC1(c2cccc(C(C)C)c2)CCCOC1. The zero-order valence-corrected chi connectivity index (χ0v) is 19.5. The molecule has 5 nitrogen and oxygen atoms in total. The molecule has 0 bridgehead atoms. The van der Waals surface area contributed by atoms with Gasteiger partial charge in [-0.25, -0.2) is 8.78 Å². The number of nitrogens with one attached hydrogen (secondary N) is 2. The largest absolute Gasteiger partial charge is 0.390 e. The molecule has 1 aliphatic rings. The van der Waals surface area contributed by atoms with E-state index in [1.807, 2.05) is 6.07 Å². The lowest BCUT2D eigenvalue weighted by molar-refractivity contribution is -0.120. The third-order valence-corrected chi connectivity index (χ3v) is 6.23. The van der Waals surface area contributed by atoms with Crippen molar-refractivity contribution in [1.29, 1.82) is 0 Å². The zero-order chi connectivity index (χ0) is 24.0. The molecule has 1 saturated heterocycles. The predicted molar refractivity (Wildman–Crippen MR) is 124 cm³/mol. The van der Waals surface area contributed by atoms with Gasteiger partial charge in [0.25, 0.3) is 0 Å². The molecule has 1 fully saturated rings. The van der Waals surface area contributed by atoms with Crippen LogP contribution in [0.25, 0.3) is 0 Å². The summed E-state index contributed by atoms with van der Waals surface area (Å²) in [5.41, 5.74) is 2.23. The number of rotatable bonds is 9. The Morgan fingerprint density at radius 3 is 2.52 bits per heavy atom. The quantitative estimate of drug-likeness (QED) is 0.533. The first-order valence-corrected chi connectivity index (χ1v) is 11.5. The Hall–Kier alpha value is -2.35. The predicted octanol–water partition coefficient (Wildman–Crippen LogP) is 3.79. The van der Waals surface area contributed by atoms with Crippen molar-refractivity contribution in [3.63, 3.8) is 0 Å². The molecule has 2 aromatic rings. The van der Waals surface area contributed by atoms with Crippen LogP contribution in [0, 0.1) is 11.6 Å². The molecule has 1 aliphatic heterocycles. The molecule has 0 aliphatic carbocycles. The number of hydrogen-bond acceptors (Lipinski definition) is 4. The fourth-order valence-electron chi connectivity index (χ4n) is 4.43. The van der Waals surface area contributed by atoms with Gasteiger partial charge in [0.15, 0.2) is 0 Å². The molecule has 0 radical (unpaired) electrons. The molecule has 3 N–H and O–H groups in total. The highest BCUT2D eigenvalue weighted by Gasteiger charge is 2.36. The Labute approximate surface area is 194 Å². The van der Waals surface area contributed by atoms with E-state index in [0.717, 1.165) is 24.5 Å². The Morgan fingerprint density at radius 2 is 1.91 bits per heavy atom. The van der Waals surface area contributed by atoms with Crippen LogP contribution in [0.4, 0.5) is 8.78 Å². The molecule has 2 aromatic carbocycles. The smallest absolute Gasteiger partial charge is 0.217 e. The first kappa shape index (κ1) is 25.3. The van der Waals surface area contributed by atoms with Crippen molar-refractivity contribution in [3.05, 3.63) is 70.8 Å². The summed E-state index contributed by atoms with van der Waals surface area (Å²) in [6.45, 7) is 6.99. The first-order chi connectivity index (χ1) is 15.7. The molecule has 1 heterocycles. The van der Waals surface area contributed by atoms with Gasteiger partial charge in [-0.05, 0) is 54.0 Å². The molecule has 180 valence electrons. The monoisotopic (exact) mass is 460 g/mol. The summed E-state index contributed by atoms with van der Waals surface area (Å²) in [5.74, 6) is -1.32. The number of hydrogen-bond donors (Lipinski definition) is 3. The molecule has 0 spiro atoms. The van der Waals surface area contributed by atoms with Crippen molar-refractivity contribution in [2.24, 2.45) is 0 Å². The number of carbonyl (C=O) groups is 1. The van der Waals surface area contributed by atoms with E-state index in [-0.39, 0.29) is 18.9 Å². The maximum absolute atomic E-state index is 13.6. The second-order valence-electron chi connectivity index (χ2n) is 9.26. The summed E-state index contributed by atoms with van der Waals surface area (Å²) in [6.07, 6.45) is 0.851. The molecular formula is C26H34F2N2O3. The maximum atomic E-state index is 13.6. The zero-order valence-electron chi connectivity index (χ0n) is 19.5. The van der Waals surface area contributed by atoms with Crippen LogP contribution in [0.1, 0.15) is 56.2 Å². The fraction of sp³-hybridized carbons (Fsp3) is 0.500. The molecule has 3 atom stereocenters. The number of aliphatic hydroxyl groups is 1. The van der Waals surface area contributed by atoms with Crippen LogP contribution in [-0.4, -0.2) is 42.9 Å². The Morgan fingerprint density at radius 1 is 1.18 bits per heavy atom. The summed E-state index contributed by atoms with van der Waals surface area (Å²) < 4.78 is 33.1. The molecule has 3 rings (SSSR count). The van der Waals surface area contributed by atoms with E-state index in [4.69, 9.17) is 4.74 Å². The third kappa shape index (κ3) is 6.82. The second kappa shape index (κ2) is 11.2. The van der Waals surface area contributed by atoms with E-state index in [1.54, 1.807) is 0 Å². The minimum absolute atomic E-state index is 0.101. The summed E-state index contributed by atoms with van der Waals surface area (Å²) >= 11 is 0. The average Bonchev–Trinajstić information content (AvgIpc) is 2.77. The van der Waals surface area contributed by atoms with E-state index < -0.39 is 29.3 Å². The third-order valence-electron chi connectivity index (χ3n) is 6.23. The molecule has 7 heteroatoms. The van der Waals surface area contributed by atoms with Gasteiger partial charge >= 0.3 is 0 Å². The van der Waals surface area contributed by atoms with Gasteiger partial charge in [-0.15, -0.1) is 0 Å². The maximum Gasteiger partial charge on any atom is 0.217 e. The normalized spacial score (nSPS) is 20.5. The van der Waals surface area contributed by atoms with Gasteiger partial charge in [-0.3, -0.25) is 4.79 Å². The van der Waals surface area contributed by atoms with Gasteiger partial charge < -0.3 is 20.5 Å². The minimum Gasteiger partial charge on any atom is -0.390 e. The van der Waals surface area contributed by atoms with Crippen LogP contribution in [0.15, 0.2) is 42.5 Å². The van der Waals surface area contributed by atoms with Crippen LogP contribution in [0.3, 0.4) is 0 Å². The van der Waals surface area contributed by atoms with Crippen LogP contribution in [0.5, 0.6) is 0 Å². The van der Waals surface area contributed by atoms with Crippen LogP contribution in [-0.2, 0) is 21.5 Å². The van der Waals surface area contributed by atoms with Crippen molar-refractivity contribution in [2.75, 3.05) is 19.8 Å².